The molecular weight excluding hydrogens is 466 g/mol. The number of rotatable bonds is 10. The molecule has 2 aromatic rings. The summed E-state index contributed by atoms with van der Waals surface area (Å²) < 4.78 is 10.8. The van der Waals surface area contributed by atoms with Crippen molar-refractivity contribution in [2.45, 2.75) is 6.92 Å². The Kier molecular flexibility index (Phi) is 7.64. The highest BCUT2D eigenvalue weighted by atomic mass is 32.2. The van der Waals surface area contributed by atoms with Gasteiger partial charge in [-0.15, -0.1) is 0 Å². The second kappa shape index (κ2) is 10.6. The van der Waals surface area contributed by atoms with Gasteiger partial charge in [-0.05, 0) is 54.6 Å². The van der Waals surface area contributed by atoms with E-state index in [9.17, 15) is 29.3 Å². The van der Waals surface area contributed by atoms with Crippen molar-refractivity contribution in [2.75, 3.05) is 19.8 Å². The summed E-state index contributed by atoms with van der Waals surface area (Å²) in [6.07, 6.45) is 1.47. The molecule has 34 heavy (non-hydrogen) atoms. The van der Waals surface area contributed by atoms with E-state index >= 15 is 0 Å². The Morgan fingerprint density at radius 3 is 2.44 bits per heavy atom. The van der Waals surface area contributed by atoms with E-state index in [1.165, 1.54) is 30.3 Å². The van der Waals surface area contributed by atoms with E-state index in [1.807, 2.05) is 0 Å². The molecule has 0 saturated carbocycles. The van der Waals surface area contributed by atoms with Crippen LogP contribution in [0, 0.1) is 10.1 Å². The molecule has 0 spiro atoms. The van der Waals surface area contributed by atoms with Crippen LogP contribution in [0.2, 0.25) is 0 Å². The van der Waals surface area contributed by atoms with Crippen LogP contribution in [0.1, 0.15) is 22.8 Å². The monoisotopic (exact) mass is 485 g/mol. The van der Waals surface area contributed by atoms with Gasteiger partial charge in [0.2, 0.25) is 0 Å². The zero-order valence-electron chi connectivity index (χ0n) is 17.9. The molecule has 0 atom stereocenters. The van der Waals surface area contributed by atoms with Crippen LogP contribution < -0.4 is 15.2 Å². The number of nitro groups is 1. The van der Waals surface area contributed by atoms with Crippen molar-refractivity contribution in [3.05, 3.63) is 68.6 Å². The number of nitrogens with zero attached hydrogens (tertiary/aromatic N) is 2. The number of non-ortho nitro benzene ring substituents is 1. The van der Waals surface area contributed by atoms with Gasteiger partial charge in [0, 0.05) is 17.7 Å². The zero-order chi connectivity index (χ0) is 24.8. The topological polar surface area (TPSA) is 159 Å². The Morgan fingerprint density at radius 1 is 1.12 bits per heavy atom. The Labute approximate surface area is 197 Å². The molecule has 176 valence electrons. The predicted molar refractivity (Wildman–Crippen MR) is 122 cm³/mol. The minimum atomic E-state index is -0.650. The summed E-state index contributed by atoms with van der Waals surface area (Å²) in [6.45, 7) is 1.25. The number of ketones is 1. The highest BCUT2D eigenvalue weighted by Gasteiger charge is 2.36. The summed E-state index contributed by atoms with van der Waals surface area (Å²) >= 11 is 0.682. The molecule has 12 heteroatoms. The van der Waals surface area contributed by atoms with Gasteiger partial charge in [-0.25, -0.2) is 0 Å². The molecule has 0 radical (unpaired) electrons. The zero-order valence-corrected chi connectivity index (χ0v) is 18.7. The number of Topliss-reactive ketones (excluding diaryl/α,β-unsaturated/α-hetero) is 1. The third kappa shape index (κ3) is 5.78. The maximum absolute atomic E-state index is 12.8. The summed E-state index contributed by atoms with van der Waals surface area (Å²) in [6, 6.07) is 9.62. The van der Waals surface area contributed by atoms with E-state index < -0.39 is 34.3 Å². The molecular formula is C22H19N3O8S. The first kappa shape index (κ1) is 24.5. The molecule has 0 unspecified atom stereocenters. The van der Waals surface area contributed by atoms with Gasteiger partial charge in [0.25, 0.3) is 22.7 Å². The van der Waals surface area contributed by atoms with Crippen molar-refractivity contribution in [3.8, 4) is 11.5 Å². The highest BCUT2D eigenvalue weighted by molar-refractivity contribution is 8.18. The van der Waals surface area contributed by atoms with Crippen molar-refractivity contribution in [1.82, 2.24) is 4.90 Å². The van der Waals surface area contributed by atoms with Gasteiger partial charge in [-0.3, -0.25) is 34.2 Å². The number of carbonyl (C=O) groups excluding carboxylic acids is 4. The van der Waals surface area contributed by atoms with Gasteiger partial charge in [-0.2, -0.15) is 0 Å². The number of carbonyl (C=O) groups is 4. The Morgan fingerprint density at radius 2 is 1.82 bits per heavy atom. The van der Waals surface area contributed by atoms with Gasteiger partial charge in [0.1, 0.15) is 0 Å². The van der Waals surface area contributed by atoms with E-state index in [2.05, 4.69) is 0 Å². The Bertz CT molecular complexity index is 1190. The van der Waals surface area contributed by atoms with Gasteiger partial charge < -0.3 is 15.2 Å². The van der Waals surface area contributed by atoms with E-state index in [4.69, 9.17) is 15.2 Å². The SMILES string of the molecule is CCOc1cc(/C=C2\SC(=O)N(CC(=O)c3ccc([N+](=O)[O-])cc3)C2=O)ccc1OCC(N)=O. The van der Waals surface area contributed by atoms with Gasteiger partial charge in [0.05, 0.1) is 23.0 Å². The van der Waals surface area contributed by atoms with Crippen molar-refractivity contribution in [2.24, 2.45) is 5.73 Å². The maximum Gasteiger partial charge on any atom is 0.293 e. The number of benzene rings is 2. The fraction of sp³-hybridized carbons (Fsp3) is 0.182. The van der Waals surface area contributed by atoms with Crippen LogP contribution in [0.25, 0.3) is 6.08 Å². The number of ether oxygens (including phenoxy) is 2. The molecule has 3 rings (SSSR count). The molecule has 2 N–H and O–H groups in total. The molecule has 3 amide bonds. The molecule has 2 aromatic carbocycles. The van der Waals surface area contributed by atoms with Crippen LogP contribution in [-0.4, -0.2) is 52.4 Å². The average molecular weight is 485 g/mol. The highest BCUT2D eigenvalue weighted by Crippen LogP contribution is 2.34. The molecule has 0 bridgehead atoms. The van der Waals surface area contributed by atoms with Crippen LogP contribution in [-0.2, 0) is 9.59 Å². The summed E-state index contributed by atoms with van der Waals surface area (Å²) in [4.78, 5) is 59.7. The first-order chi connectivity index (χ1) is 16.2. The average Bonchev–Trinajstić information content (AvgIpc) is 3.06. The first-order valence-electron chi connectivity index (χ1n) is 9.90. The maximum atomic E-state index is 12.8. The van der Waals surface area contributed by atoms with E-state index in [1.54, 1.807) is 25.1 Å². The van der Waals surface area contributed by atoms with Crippen molar-refractivity contribution in [1.29, 1.82) is 0 Å². The van der Waals surface area contributed by atoms with Crippen LogP contribution in [0.4, 0.5) is 10.5 Å². The molecule has 0 aromatic heterocycles. The number of nitrogens with two attached hydrogens (primary N) is 1. The quantitative estimate of drug-likeness (QED) is 0.231. The molecule has 11 nitrogen and oxygen atoms in total. The summed E-state index contributed by atoms with van der Waals surface area (Å²) in [7, 11) is 0. The summed E-state index contributed by atoms with van der Waals surface area (Å²) in [5.74, 6) is -1.21. The minimum absolute atomic E-state index is 0.106. The van der Waals surface area contributed by atoms with Crippen molar-refractivity contribution >= 4 is 46.4 Å². The third-order valence-corrected chi connectivity index (χ3v) is 5.42. The Hall–Kier alpha value is -4.19. The lowest BCUT2D eigenvalue weighted by Crippen LogP contribution is -2.33. The lowest BCUT2D eigenvalue weighted by molar-refractivity contribution is -0.384. The number of primary amides is 1. The number of amides is 3. The predicted octanol–water partition coefficient (Wildman–Crippen LogP) is 2.78. The molecule has 1 saturated heterocycles. The van der Waals surface area contributed by atoms with Crippen LogP contribution in [0.5, 0.6) is 11.5 Å². The van der Waals surface area contributed by atoms with Gasteiger partial charge in [-0.1, -0.05) is 6.07 Å². The van der Waals surface area contributed by atoms with Crippen molar-refractivity contribution < 1.29 is 33.6 Å². The largest absolute Gasteiger partial charge is 0.490 e. The second-order valence-corrected chi connectivity index (χ2v) is 7.88. The lowest BCUT2D eigenvalue weighted by Gasteiger charge is -2.12. The standard InChI is InChI=1S/C22H19N3O8S/c1-2-32-18-9-13(3-8-17(18)33-12-20(23)27)10-19-21(28)24(22(29)34-19)11-16(26)14-4-6-15(7-5-14)25(30)31/h3-10H,2,11-12H2,1H3,(H2,23,27)/b19-10-. The number of hydrogen-bond acceptors (Lipinski definition) is 9. The normalized spacial score (nSPS) is 14.4. The summed E-state index contributed by atoms with van der Waals surface area (Å²) in [5.41, 5.74) is 5.58. The molecule has 1 fully saturated rings. The fourth-order valence-electron chi connectivity index (χ4n) is 2.94. The van der Waals surface area contributed by atoms with Crippen molar-refractivity contribution in [3.63, 3.8) is 0 Å². The van der Waals surface area contributed by atoms with E-state index in [0.29, 0.717) is 35.4 Å². The number of imide groups is 1. The minimum Gasteiger partial charge on any atom is -0.490 e. The van der Waals surface area contributed by atoms with Gasteiger partial charge >= 0.3 is 0 Å². The smallest absolute Gasteiger partial charge is 0.293 e. The fourth-order valence-corrected chi connectivity index (χ4v) is 3.78. The van der Waals surface area contributed by atoms with E-state index in [-0.39, 0.29) is 22.8 Å². The molecule has 1 aliphatic heterocycles. The number of nitro benzene ring substituents is 1. The number of hydrogen-bond donors (Lipinski definition) is 1. The third-order valence-electron chi connectivity index (χ3n) is 4.51. The van der Waals surface area contributed by atoms with Crippen LogP contribution in [0.15, 0.2) is 47.4 Å². The first-order valence-corrected chi connectivity index (χ1v) is 10.7. The molecule has 1 heterocycles. The van der Waals surface area contributed by atoms with Gasteiger partial charge in [0.15, 0.2) is 23.9 Å². The lowest BCUT2D eigenvalue weighted by atomic mass is 10.1. The van der Waals surface area contributed by atoms with Crippen LogP contribution in [0.3, 0.4) is 0 Å². The summed E-state index contributed by atoms with van der Waals surface area (Å²) in [5, 5.41) is 10.1. The van der Waals surface area contributed by atoms with Crippen LogP contribution >= 0.6 is 11.8 Å². The molecule has 1 aliphatic rings. The number of thioether (sulfide) groups is 1. The Balaban J connectivity index is 1.76. The second-order valence-electron chi connectivity index (χ2n) is 6.89. The molecule has 0 aliphatic carbocycles. The van der Waals surface area contributed by atoms with E-state index in [0.717, 1.165) is 4.90 Å².